The van der Waals surface area contributed by atoms with Crippen LogP contribution in [0.5, 0.6) is 5.75 Å². The van der Waals surface area contributed by atoms with E-state index in [-0.39, 0.29) is 30.3 Å². The zero-order chi connectivity index (χ0) is 16.7. The predicted molar refractivity (Wildman–Crippen MR) is 102 cm³/mol. The van der Waals surface area contributed by atoms with E-state index < -0.39 is 0 Å². The first-order valence-electron chi connectivity index (χ1n) is 7.54. The summed E-state index contributed by atoms with van der Waals surface area (Å²) in [6.45, 7) is 2.70. The first-order valence-corrected chi connectivity index (χ1v) is 8.34. The Bertz CT molecular complexity index is 623. The molecule has 0 saturated carbocycles. The van der Waals surface area contributed by atoms with Crippen molar-refractivity contribution in [2.45, 2.75) is 13.0 Å². The van der Waals surface area contributed by atoms with Gasteiger partial charge in [-0.2, -0.15) is 0 Å². The largest absolute Gasteiger partial charge is 0.492 e. The quantitative estimate of drug-likeness (QED) is 0.680. The topological polar surface area (TPSA) is 64.3 Å². The van der Waals surface area contributed by atoms with Crippen LogP contribution in [0.2, 0.25) is 0 Å². The Morgan fingerprint density at radius 3 is 2.42 bits per heavy atom. The number of ether oxygens (including phenoxy) is 1. The molecule has 0 spiro atoms. The molecule has 130 valence electrons. The molecule has 3 N–H and O–H groups in total. The molecule has 0 aliphatic carbocycles. The molecule has 0 bridgehead atoms. The fourth-order valence-corrected chi connectivity index (χ4v) is 2.43. The summed E-state index contributed by atoms with van der Waals surface area (Å²) in [4.78, 5) is 12.2. The Balaban J connectivity index is 0.00000288. The van der Waals surface area contributed by atoms with Gasteiger partial charge in [-0.3, -0.25) is 4.79 Å². The summed E-state index contributed by atoms with van der Waals surface area (Å²) < 4.78 is 6.57. The van der Waals surface area contributed by atoms with Crippen LogP contribution in [0.15, 0.2) is 59.1 Å². The number of carbonyl (C=O) groups is 1. The van der Waals surface area contributed by atoms with Gasteiger partial charge in [-0.15, -0.1) is 12.4 Å². The fraction of sp³-hybridized carbons (Fsp3) is 0.278. The SMILES string of the molecule is CC(C(=O)NCCOc1ccc(Br)cc1)C(N)c1ccccc1.Cl. The van der Waals surface area contributed by atoms with Crippen molar-refractivity contribution in [3.63, 3.8) is 0 Å². The summed E-state index contributed by atoms with van der Waals surface area (Å²) >= 11 is 3.37. The minimum absolute atomic E-state index is 0. The van der Waals surface area contributed by atoms with E-state index in [4.69, 9.17) is 10.5 Å². The van der Waals surface area contributed by atoms with Crippen molar-refractivity contribution >= 4 is 34.2 Å². The van der Waals surface area contributed by atoms with E-state index in [0.29, 0.717) is 13.2 Å². The van der Waals surface area contributed by atoms with Crippen LogP contribution in [0.25, 0.3) is 0 Å². The average Bonchev–Trinajstić information content (AvgIpc) is 2.59. The second-order valence-electron chi connectivity index (χ2n) is 5.32. The third kappa shape index (κ3) is 6.15. The van der Waals surface area contributed by atoms with Crippen LogP contribution in [-0.2, 0) is 4.79 Å². The van der Waals surface area contributed by atoms with Crippen molar-refractivity contribution in [2.75, 3.05) is 13.2 Å². The van der Waals surface area contributed by atoms with E-state index >= 15 is 0 Å². The number of carbonyl (C=O) groups excluding carboxylic acids is 1. The Labute approximate surface area is 157 Å². The number of nitrogens with two attached hydrogens (primary N) is 1. The Morgan fingerprint density at radius 2 is 1.79 bits per heavy atom. The molecule has 24 heavy (non-hydrogen) atoms. The second-order valence-corrected chi connectivity index (χ2v) is 6.23. The van der Waals surface area contributed by atoms with Gasteiger partial charge in [0.25, 0.3) is 0 Å². The highest BCUT2D eigenvalue weighted by atomic mass is 79.9. The van der Waals surface area contributed by atoms with Crippen LogP contribution in [0, 0.1) is 5.92 Å². The lowest BCUT2D eigenvalue weighted by molar-refractivity contribution is -0.125. The standard InChI is InChI=1S/C18H21BrN2O2.ClH/c1-13(17(20)14-5-3-2-4-6-14)18(22)21-11-12-23-16-9-7-15(19)8-10-16;/h2-10,13,17H,11-12,20H2,1H3,(H,21,22);1H. The van der Waals surface area contributed by atoms with Gasteiger partial charge in [0, 0.05) is 10.5 Å². The lowest BCUT2D eigenvalue weighted by Crippen LogP contribution is -2.37. The van der Waals surface area contributed by atoms with Crippen molar-refractivity contribution < 1.29 is 9.53 Å². The van der Waals surface area contributed by atoms with Crippen molar-refractivity contribution in [2.24, 2.45) is 11.7 Å². The van der Waals surface area contributed by atoms with Gasteiger partial charge < -0.3 is 15.8 Å². The number of halogens is 2. The number of rotatable bonds is 7. The first-order chi connectivity index (χ1) is 11.1. The van der Waals surface area contributed by atoms with E-state index in [0.717, 1.165) is 15.8 Å². The molecule has 0 heterocycles. The fourth-order valence-electron chi connectivity index (χ4n) is 2.16. The molecule has 0 radical (unpaired) electrons. The number of hydrogen-bond acceptors (Lipinski definition) is 3. The predicted octanol–water partition coefficient (Wildman–Crippen LogP) is 3.70. The third-order valence-electron chi connectivity index (χ3n) is 3.62. The summed E-state index contributed by atoms with van der Waals surface area (Å²) in [6.07, 6.45) is 0. The van der Waals surface area contributed by atoms with E-state index in [1.165, 1.54) is 0 Å². The van der Waals surface area contributed by atoms with Crippen LogP contribution in [0.3, 0.4) is 0 Å². The van der Waals surface area contributed by atoms with Crippen LogP contribution in [-0.4, -0.2) is 19.1 Å². The highest BCUT2D eigenvalue weighted by molar-refractivity contribution is 9.10. The van der Waals surface area contributed by atoms with Gasteiger partial charge in [0.1, 0.15) is 12.4 Å². The van der Waals surface area contributed by atoms with Crippen LogP contribution in [0.4, 0.5) is 0 Å². The normalized spacial score (nSPS) is 12.6. The number of hydrogen-bond donors (Lipinski definition) is 2. The summed E-state index contributed by atoms with van der Waals surface area (Å²) in [5, 5.41) is 2.86. The van der Waals surface area contributed by atoms with Gasteiger partial charge in [0.15, 0.2) is 0 Å². The molecule has 1 amide bonds. The third-order valence-corrected chi connectivity index (χ3v) is 4.15. The molecule has 0 aromatic heterocycles. The maximum absolute atomic E-state index is 12.2. The molecule has 4 nitrogen and oxygen atoms in total. The van der Waals surface area contributed by atoms with Gasteiger partial charge in [-0.1, -0.05) is 53.2 Å². The highest BCUT2D eigenvalue weighted by Crippen LogP contribution is 2.19. The minimum atomic E-state index is -0.316. The molecule has 2 aromatic rings. The first kappa shape index (κ1) is 20.5. The van der Waals surface area contributed by atoms with E-state index in [9.17, 15) is 4.79 Å². The van der Waals surface area contributed by atoms with E-state index in [1.807, 2.05) is 61.5 Å². The van der Waals surface area contributed by atoms with Gasteiger partial charge in [-0.05, 0) is 29.8 Å². The number of amides is 1. The highest BCUT2D eigenvalue weighted by Gasteiger charge is 2.21. The average molecular weight is 414 g/mol. The monoisotopic (exact) mass is 412 g/mol. The van der Waals surface area contributed by atoms with Gasteiger partial charge in [-0.25, -0.2) is 0 Å². The van der Waals surface area contributed by atoms with Crippen LogP contribution < -0.4 is 15.8 Å². The Hall–Kier alpha value is -1.56. The zero-order valence-corrected chi connectivity index (χ0v) is 15.8. The molecule has 0 fully saturated rings. The summed E-state index contributed by atoms with van der Waals surface area (Å²) in [6, 6.07) is 16.9. The molecule has 0 aliphatic heterocycles. The molecular formula is C18H22BrClN2O2. The van der Waals surface area contributed by atoms with Crippen molar-refractivity contribution in [1.82, 2.24) is 5.32 Å². The van der Waals surface area contributed by atoms with Crippen molar-refractivity contribution in [1.29, 1.82) is 0 Å². The van der Waals surface area contributed by atoms with Crippen molar-refractivity contribution in [3.8, 4) is 5.75 Å². The molecular weight excluding hydrogens is 392 g/mol. The minimum Gasteiger partial charge on any atom is -0.492 e. The van der Waals surface area contributed by atoms with Crippen LogP contribution >= 0.6 is 28.3 Å². The molecule has 2 aromatic carbocycles. The summed E-state index contributed by atoms with van der Waals surface area (Å²) in [7, 11) is 0. The maximum atomic E-state index is 12.2. The molecule has 0 saturated heterocycles. The second kappa shape index (κ2) is 10.3. The van der Waals surface area contributed by atoms with Gasteiger partial charge in [0.2, 0.25) is 5.91 Å². The summed E-state index contributed by atoms with van der Waals surface area (Å²) in [5.74, 6) is 0.405. The lowest BCUT2D eigenvalue weighted by Gasteiger charge is -2.19. The van der Waals surface area contributed by atoms with E-state index in [2.05, 4.69) is 21.2 Å². The maximum Gasteiger partial charge on any atom is 0.224 e. The van der Waals surface area contributed by atoms with Crippen LogP contribution in [0.1, 0.15) is 18.5 Å². The smallest absolute Gasteiger partial charge is 0.224 e. The zero-order valence-electron chi connectivity index (χ0n) is 13.4. The molecule has 6 heteroatoms. The molecule has 2 unspecified atom stereocenters. The Kier molecular flexibility index (Phi) is 8.82. The number of benzene rings is 2. The van der Waals surface area contributed by atoms with Gasteiger partial charge in [0.05, 0.1) is 12.5 Å². The molecule has 2 rings (SSSR count). The molecule has 2 atom stereocenters. The lowest BCUT2D eigenvalue weighted by atomic mass is 9.95. The summed E-state index contributed by atoms with van der Waals surface area (Å²) in [5.41, 5.74) is 7.11. The Morgan fingerprint density at radius 1 is 1.17 bits per heavy atom. The molecule has 0 aliphatic rings. The van der Waals surface area contributed by atoms with E-state index in [1.54, 1.807) is 0 Å². The van der Waals surface area contributed by atoms with Crippen molar-refractivity contribution in [3.05, 3.63) is 64.6 Å². The van der Waals surface area contributed by atoms with Gasteiger partial charge >= 0.3 is 0 Å². The number of nitrogens with one attached hydrogen (secondary N) is 1.